The molecule has 1 aliphatic heterocycles. The quantitative estimate of drug-likeness (QED) is 0.323. The Hall–Kier alpha value is -2.01. The summed E-state index contributed by atoms with van der Waals surface area (Å²) in [6.07, 6.45) is -5.34. The lowest BCUT2D eigenvalue weighted by atomic mass is 9.99. The average Bonchev–Trinajstić information content (AvgIpc) is 3.04. The van der Waals surface area contributed by atoms with Crippen LogP contribution in [0.4, 0.5) is 0 Å². The van der Waals surface area contributed by atoms with Gasteiger partial charge in [0.15, 0.2) is 12.3 Å². The first-order valence-electron chi connectivity index (χ1n) is 8.31. The Morgan fingerprint density at radius 2 is 1.92 bits per heavy atom. The first-order chi connectivity index (χ1) is 12.4. The minimum Gasteiger partial charge on any atom is -0.458 e. The number of hydrogen-bond donors (Lipinski definition) is 6. The third-order valence-electron chi connectivity index (χ3n) is 4.55. The highest BCUT2D eigenvalue weighted by Gasteiger charge is 2.43. The Labute approximate surface area is 149 Å². The van der Waals surface area contributed by atoms with E-state index in [-0.39, 0.29) is 6.61 Å². The van der Waals surface area contributed by atoms with Gasteiger partial charge >= 0.3 is 5.97 Å². The van der Waals surface area contributed by atoms with E-state index >= 15 is 0 Å². The van der Waals surface area contributed by atoms with Gasteiger partial charge < -0.3 is 40.6 Å². The van der Waals surface area contributed by atoms with E-state index in [0.29, 0.717) is 6.42 Å². The molecule has 0 radical (unpaired) electrons. The van der Waals surface area contributed by atoms with E-state index < -0.39 is 42.7 Å². The van der Waals surface area contributed by atoms with E-state index in [1.54, 1.807) is 0 Å². The number of fused-ring (bicyclic) bond motifs is 1. The molecule has 0 bridgehead atoms. The van der Waals surface area contributed by atoms with Crippen molar-refractivity contribution in [2.45, 2.75) is 43.2 Å². The van der Waals surface area contributed by atoms with Crippen molar-refractivity contribution in [3.05, 3.63) is 36.0 Å². The predicted molar refractivity (Wildman–Crippen MR) is 88.5 cm³/mol. The third-order valence-corrected chi connectivity index (χ3v) is 4.55. The Morgan fingerprint density at radius 1 is 1.19 bits per heavy atom. The van der Waals surface area contributed by atoms with Crippen molar-refractivity contribution in [2.24, 2.45) is 0 Å². The molecule has 1 aliphatic rings. The van der Waals surface area contributed by atoms with Crippen molar-refractivity contribution in [3.8, 4) is 0 Å². The van der Waals surface area contributed by atoms with E-state index in [4.69, 9.17) is 9.47 Å². The maximum atomic E-state index is 12.2. The molecule has 6 atom stereocenters. The number of esters is 1. The number of benzene rings is 1. The number of carbonyl (C=O) groups is 1. The number of H-pyrrole nitrogens is 1. The number of nitrogens with one attached hydrogen (secondary N) is 1. The molecular weight excluding hydrogens is 344 g/mol. The third kappa shape index (κ3) is 3.73. The summed E-state index contributed by atoms with van der Waals surface area (Å²) in [6, 6.07) is 7.01. The van der Waals surface area contributed by atoms with E-state index in [2.05, 4.69) is 10.7 Å². The number of aromatic amines is 1. The summed E-state index contributed by atoms with van der Waals surface area (Å²) in [5.74, 6) is -0.596. The molecule has 1 fully saturated rings. The summed E-state index contributed by atoms with van der Waals surface area (Å²) in [5, 5.41) is 39.4. The second-order valence-electron chi connectivity index (χ2n) is 6.43. The average molecular weight is 367 g/mol. The molecule has 0 aliphatic carbocycles. The van der Waals surface area contributed by atoms with Gasteiger partial charge in [-0.25, -0.2) is 4.79 Å². The van der Waals surface area contributed by atoms with Crippen LogP contribution in [-0.4, -0.2) is 74.7 Å². The van der Waals surface area contributed by atoms with Gasteiger partial charge in [-0.2, -0.15) is 0 Å². The Bertz CT molecular complexity index is 764. The van der Waals surface area contributed by atoms with Crippen molar-refractivity contribution in [2.75, 3.05) is 6.61 Å². The van der Waals surface area contributed by atoms with Crippen LogP contribution in [0.1, 0.15) is 5.56 Å². The molecule has 2 heterocycles. The van der Waals surface area contributed by atoms with Crippen LogP contribution >= 0.6 is 0 Å². The van der Waals surface area contributed by atoms with Gasteiger partial charge in [-0.3, -0.25) is 0 Å². The summed E-state index contributed by atoms with van der Waals surface area (Å²) in [7, 11) is 0. The number of aliphatic hydroxyl groups excluding tert-OH is 4. The van der Waals surface area contributed by atoms with E-state index in [0.717, 1.165) is 16.5 Å². The van der Waals surface area contributed by atoms with Crippen LogP contribution in [0.2, 0.25) is 0 Å². The molecular formula is C17H23N2O7+. The van der Waals surface area contributed by atoms with Gasteiger partial charge in [0.2, 0.25) is 0 Å². The lowest BCUT2D eigenvalue weighted by Gasteiger charge is -2.37. The number of para-hydroxylation sites is 1. The van der Waals surface area contributed by atoms with Crippen LogP contribution in [0, 0.1) is 0 Å². The summed E-state index contributed by atoms with van der Waals surface area (Å²) in [4.78, 5) is 15.3. The second kappa shape index (κ2) is 7.70. The van der Waals surface area contributed by atoms with Crippen LogP contribution in [0.15, 0.2) is 30.5 Å². The van der Waals surface area contributed by atoms with Crippen LogP contribution in [-0.2, 0) is 20.7 Å². The number of quaternary nitrogens is 1. The van der Waals surface area contributed by atoms with Gasteiger partial charge in [0.1, 0.15) is 31.0 Å². The van der Waals surface area contributed by atoms with E-state index in [1.165, 1.54) is 0 Å². The normalized spacial score (nSPS) is 30.3. The summed E-state index contributed by atoms with van der Waals surface area (Å²) < 4.78 is 10.1. The molecule has 8 N–H and O–H groups in total. The molecule has 3 rings (SSSR count). The van der Waals surface area contributed by atoms with Crippen LogP contribution in [0.25, 0.3) is 10.9 Å². The SMILES string of the molecule is [NH3+][C@@H](Cc1c[nH]c2ccccc12)C(=O)OC[C@@H]1O[C@@H](O)[C@H](O)[C@H](O)[C@H]1O. The Morgan fingerprint density at radius 3 is 2.69 bits per heavy atom. The Kier molecular flexibility index (Phi) is 5.56. The zero-order valence-electron chi connectivity index (χ0n) is 14.0. The van der Waals surface area contributed by atoms with E-state index in [9.17, 15) is 25.2 Å². The van der Waals surface area contributed by atoms with Gasteiger partial charge in [0.25, 0.3) is 0 Å². The van der Waals surface area contributed by atoms with Crippen molar-refractivity contribution in [3.63, 3.8) is 0 Å². The van der Waals surface area contributed by atoms with Gasteiger partial charge in [-0.15, -0.1) is 0 Å². The van der Waals surface area contributed by atoms with Gasteiger partial charge in [-0.1, -0.05) is 18.2 Å². The molecule has 2 aromatic rings. The predicted octanol–water partition coefficient (Wildman–Crippen LogP) is -2.34. The molecule has 142 valence electrons. The maximum absolute atomic E-state index is 12.2. The summed E-state index contributed by atoms with van der Waals surface area (Å²) in [5.41, 5.74) is 5.71. The van der Waals surface area contributed by atoms with Gasteiger partial charge in [-0.05, 0) is 11.6 Å². The standard InChI is InChI=1S/C17H22N2O7/c18-10(5-8-6-19-11-4-2-1-3-9(8)11)16(23)25-7-12-13(20)14(21)15(22)17(24)26-12/h1-4,6,10,12-15,17,19-22,24H,5,7,18H2/p+1/t10-,12-,13-,14+,15+,17+/m0/s1. The van der Waals surface area contributed by atoms with Crippen molar-refractivity contribution in [1.82, 2.24) is 4.98 Å². The fourth-order valence-electron chi connectivity index (χ4n) is 3.00. The first-order valence-corrected chi connectivity index (χ1v) is 8.31. The fourth-order valence-corrected chi connectivity index (χ4v) is 3.00. The number of carbonyl (C=O) groups excluding carboxylic acids is 1. The molecule has 0 spiro atoms. The zero-order valence-corrected chi connectivity index (χ0v) is 14.0. The largest absolute Gasteiger partial charge is 0.458 e. The minimum atomic E-state index is -1.67. The molecule has 9 heteroatoms. The molecule has 0 saturated carbocycles. The molecule has 9 nitrogen and oxygen atoms in total. The lowest BCUT2D eigenvalue weighted by Crippen LogP contribution is -2.66. The van der Waals surface area contributed by atoms with Crippen molar-refractivity contribution >= 4 is 16.9 Å². The van der Waals surface area contributed by atoms with Crippen LogP contribution < -0.4 is 5.73 Å². The molecule has 26 heavy (non-hydrogen) atoms. The van der Waals surface area contributed by atoms with Crippen LogP contribution in [0.5, 0.6) is 0 Å². The highest BCUT2D eigenvalue weighted by Crippen LogP contribution is 2.21. The number of rotatable bonds is 5. The monoisotopic (exact) mass is 367 g/mol. The van der Waals surface area contributed by atoms with Crippen molar-refractivity contribution < 1.29 is 40.4 Å². The highest BCUT2D eigenvalue weighted by atomic mass is 16.6. The van der Waals surface area contributed by atoms with Gasteiger partial charge in [0, 0.05) is 23.5 Å². The first kappa shape index (κ1) is 18.8. The number of aromatic nitrogens is 1. The number of aliphatic hydroxyl groups is 4. The van der Waals surface area contributed by atoms with E-state index in [1.807, 2.05) is 30.5 Å². The highest BCUT2D eigenvalue weighted by molar-refractivity contribution is 5.84. The maximum Gasteiger partial charge on any atom is 0.365 e. The summed E-state index contributed by atoms with van der Waals surface area (Å²) >= 11 is 0. The number of ether oxygens (including phenoxy) is 2. The van der Waals surface area contributed by atoms with Crippen LogP contribution in [0.3, 0.4) is 0 Å². The van der Waals surface area contributed by atoms with Gasteiger partial charge in [0.05, 0.1) is 0 Å². The smallest absolute Gasteiger partial charge is 0.365 e. The fraction of sp³-hybridized carbons (Fsp3) is 0.471. The molecule has 0 amide bonds. The second-order valence-corrected chi connectivity index (χ2v) is 6.43. The summed E-state index contributed by atoms with van der Waals surface area (Å²) in [6.45, 7) is -0.374. The Balaban J connectivity index is 1.56. The molecule has 0 unspecified atom stereocenters. The topological polar surface area (TPSA) is 160 Å². The molecule has 1 aromatic heterocycles. The molecule has 1 aromatic carbocycles. The molecule has 1 saturated heterocycles. The van der Waals surface area contributed by atoms with Crippen molar-refractivity contribution in [1.29, 1.82) is 0 Å². The zero-order chi connectivity index (χ0) is 18.8. The number of hydrogen-bond acceptors (Lipinski definition) is 7. The lowest BCUT2D eigenvalue weighted by molar-refractivity contribution is -0.408. The minimum absolute atomic E-state index is 0.362.